The molecular formula is C19H23N3O7S. The van der Waals surface area contributed by atoms with Crippen molar-refractivity contribution in [3.63, 3.8) is 0 Å². The molecule has 0 heterocycles. The summed E-state index contributed by atoms with van der Waals surface area (Å²) in [5, 5.41) is 13.6. The van der Waals surface area contributed by atoms with Crippen LogP contribution in [0.5, 0.6) is 11.5 Å². The zero-order chi connectivity index (χ0) is 22.6. The molecule has 0 fully saturated rings. The van der Waals surface area contributed by atoms with Crippen molar-refractivity contribution in [1.29, 1.82) is 0 Å². The minimum absolute atomic E-state index is 0.0493. The van der Waals surface area contributed by atoms with Gasteiger partial charge >= 0.3 is 0 Å². The van der Waals surface area contributed by atoms with Crippen LogP contribution in [0, 0.1) is 17.0 Å². The number of sulfonamides is 1. The van der Waals surface area contributed by atoms with Crippen molar-refractivity contribution in [2.75, 3.05) is 30.1 Å². The summed E-state index contributed by atoms with van der Waals surface area (Å²) in [4.78, 5) is 23.4. The Kier molecular flexibility index (Phi) is 6.88. The molecule has 1 N–H and O–H groups in total. The third kappa shape index (κ3) is 4.98. The van der Waals surface area contributed by atoms with Gasteiger partial charge in [0.25, 0.3) is 5.69 Å². The maximum atomic E-state index is 12.9. The lowest BCUT2D eigenvalue weighted by Crippen LogP contribution is -2.45. The van der Waals surface area contributed by atoms with Crippen molar-refractivity contribution in [3.05, 3.63) is 52.1 Å². The van der Waals surface area contributed by atoms with E-state index in [4.69, 9.17) is 9.47 Å². The number of hydrogen-bond acceptors (Lipinski definition) is 7. The number of nitrogens with zero attached hydrogens (tertiary/aromatic N) is 2. The summed E-state index contributed by atoms with van der Waals surface area (Å²) in [5.74, 6) is -0.235. The Balaban J connectivity index is 2.47. The smallest absolute Gasteiger partial charge is 0.271 e. The van der Waals surface area contributed by atoms with Gasteiger partial charge in [-0.2, -0.15) is 0 Å². The first kappa shape index (κ1) is 22.9. The number of nitro groups is 1. The summed E-state index contributed by atoms with van der Waals surface area (Å²) >= 11 is 0. The van der Waals surface area contributed by atoms with Gasteiger partial charge in [-0.15, -0.1) is 0 Å². The van der Waals surface area contributed by atoms with Crippen LogP contribution < -0.4 is 19.1 Å². The molecule has 1 atom stereocenters. The molecule has 0 aliphatic carbocycles. The van der Waals surface area contributed by atoms with Crippen LogP contribution in [0.25, 0.3) is 0 Å². The fourth-order valence-electron chi connectivity index (χ4n) is 2.90. The minimum atomic E-state index is -3.89. The number of ether oxygens (including phenoxy) is 2. The number of benzene rings is 2. The maximum Gasteiger partial charge on any atom is 0.271 e. The van der Waals surface area contributed by atoms with Gasteiger partial charge < -0.3 is 14.8 Å². The van der Waals surface area contributed by atoms with Crippen molar-refractivity contribution < 1.29 is 27.6 Å². The third-order valence-electron chi connectivity index (χ3n) is 4.31. The van der Waals surface area contributed by atoms with Gasteiger partial charge in [-0.25, -0.2) is 8.42 Å². The number of carbonyl (C=O) groups is 1. The number of non-ortho nitro benzene ring substituents is 1. The van der Waals surface area contributed by atoms with Crippen LogP contribution in [0.4, 0.5) is 17.1 Å². The van der Waals surface area contributed by atoms with Gasteiger partial charge in [0.1, 0.15) is 17.5 Å². The van der Waals surface area contributed by atoms with E-state index in [9.17, 15) is 23.3 Å². The first-order valence-corrected chi connectivity index (χ1v) is 10.6. The average molecular weight is 437 g/mol. The Morgan fingerprint density at radius 3 is 2.27 bits per heavy atom. The second-order valence-electron chi connectivity index (χ2n) is 6.54. The Hall–Kier alpha value is -3.34. The predicted octanol–water partition coefficient (Wildman–Crippen LogP) is 2.71. The minimum Gasteiger partial charge on any atom is -0.495 e. The summed E-state index contributed by atoms with van der Waals surface area (Å²) in [6, 6.07) is 7.48. The lowest BCUT2D eigenvalue weighted by molar-refractivity contribution is -0.384. The van der Waals surface area contributed by atoms with Gasteiger partial charge in [-0.05, 0) is 37.6 Å². The highest BCUT2D eigenvalue weighted by molar-refractivity contribution is 7.92. The second kappa shape index (κ2) is 8.99. The van der Waals surface area contributed by atoms with Gasteiger partial charge in [0.05, 0.1) is 36.8 Å². The Morgan fingerprint density at radius 1 is 1.13 bits per heavy atom. The second-order valence-corrected chi connectivity index (χ2v) is 8.40. The molecule has 0 spiro atoms. The van der Waals surface area contributed by atoms with Crippen LogP contribution >= 0.6 is 0 Å². The Morgan fingerprint density at radius 2 is 1.73 bits per heavy atom. The molecular weight excluding hydrogens is 414 g/mol. The zero-order valence-corrected chi connectivity index (χ0v) is 18.0. The molecule has 0 aliphatic rings. The van der Waals surface area contributed by atoms with Gasteiger partial charge in [0.15, 0.2) is 0 Å². The SMILES string of the molecule is COc1ccc([N+](=O)[O-])cc1NC(=O)[C@H](C)N(c1cc(C)ccc1OC)S(C)(=O)=O. The molecule has 1 amide bonds. The largest absolute Gasteiger partial charge is 0.495 e. The van der Waals surface area contributed by atoms with Gasteiger partial charge in [0, 0.05) is 12.1 Å². The first-order valence-electron chi connectivity index (χ1n) is 8.77. The fourth-order valence-corrected chi connectivity index (χ4v) is 4.07. The third-order valence-corrected chi connectivity index (χ3v) is 5.54. The molecule has 10 nitrogen and oxygen atoms in total. The molecule has 0 aliphatic heterocycles. The summed E-state index contributed by atoms with van der Waals surface area (Å²) in [5.41, 5.74) is 0.772. The maximum absolute atomic E-state index is 12.9. The summed E-state index contributed by atoms with van der Waals surface area (Å²) in [6.07, 6.45) is 0.979. The Bertz CT molecular complexity index is 1070. The summed E-state index contributed by atoms with van der Waals surface area (Å²) in [7, 11) is -1.14. The van der Waals surface area contributed by atoms with Crippen molar-refractivity contribution in [2.24, 2.45) is 0 Å². The van der Waals surface area contributed by atoms with Crippen LogP contribution in [0.15, 0.2) is 36.4 Å². The molecule has 0 aromatic heterocycles. The van der Waals surface area contributed by atoms with Gasteiger partial charge in [-0.3, -0.25) is 19.2 Å². The highest BCUT2D eigenvalue weighted by Crippen LogP contribution is 2.34. The van der Waals surface area contributed by atoms with E-state index in [1.807, 2.05) is 0 Å². The monoisotopic (exact) mass is 437 g/mol. The van der Waals surface area contributed by atoms with Crippen LogP contribution in [0.1, 0.15) is 12.5 Å². The zero-order valence-electron chi connectivity index (χ0n) is 17.2. The van der Waals surface area contributed by atoms with Crippen molar-refractivity contribution in [2.45, 2.75) is 19.9 Å². The number of nitrogens with one attached hydrogen (secondary N) is 1. The van der Waals surface area contributed by atoms with Crippen molar-refractivity contribution >= 4 is 33.0 Å². The van der Waals surface area contributed by atoms with E-state index in [0.717, 1.165) is 22.2 Å². The van der Waals surface area contributed by atoms with E-state index in [1.54, 1.807) is 25.1 Å². The summed E-state index contributed by atoms with van der Waals surface area (Å²) < 4.78 is 36.5. The van der Waals surface area contributed by atoms with E-state index in [-0.39, 0.29) is 28.6 Å². The molecule has 162 valence electrons. The lowest BCUT2D eigenvalue weighted by atomic mass is 10.2. The number of anilines is 2. The number of rotatable bonds is 8. The van der Waals surface area contributed by atoms with Crippen molar-refractivity contribution in [1.82, 2.24) is 0 Å². The van der Waals surface area contributed by atoms with E-state index < -0.39 is 26.9 Å². The molecule has 0 saturated carbocycles. The molecule has 0 radical (unpaired) electrons. The topological polar surface area (TPSA) is 128 Å². The van der Waals surface area contributed by atoms with E-state index in [2.05, 4.69) is 5.32 Å². The van der Waals surface area contributed by atoms with E-state index in [0.29, 0.717) is 0 Å². The number of methoxy groups -OCH3 is 2. The highest BCUT2D eigenvalue weighted by Gasteiger charge is 2.32. The van der Waals surface area contributed by atoms with E-state index >= 15 is 0 Å². The average Bonchev–Trinajstić information content (AvgIpc) is 2.67. The van der Waals surface area contributed by atoms with Crippen molar-refractivity contribution in [3.8, 4) is 11.5 Å². The molecule has 2 aromatic rings. The number of nitro benzene ring substituents is 1. The Labute approximate surface area is 174 Å². The fraction of sp³-hybridized carbons (Fsp3) is 0.316. The van der Waals surface area contributed by atoms with Crippen LogP contribution in [0.2, 0.25) is 0 Å². The molecule has 11 heteroatoms. The lowest BCUT2D eigenvalue weighted by Gasteiger charge is -2.29. The highest BCUT2D eigenvalue weighted by atomic mass is 32.2. The molecule has 0 saturated heterocycles. The standard InChI is InChI=1S/C19H23N3O7S/c1-12-6-8-18(29-4)16(10-12)21(30(5,26)27)13(2)19(23)20-15-11-14(22(24)25)7-9-17(15)28-3/h6-11,13H,1-5H3,(H,20,23)/t13-/m0/s1. The first-order chi connectivity index (χ1) is 14.0. The van der Waals surface area contributed by atoms with E-state index in [1.165, 1.54) is 33.3 Å². The molecule has 0 bridgehead atoms. The van der Waals surface area contributed by atoms with Crippen LogP contribution in [-0.2, 0) is 14.8 Å². The quantitative estimate of drug-likeness (QED) is 0.497. The molecule has 2 aromatic carbocycles. The number of carbonyl (C=O) groups excluding carboxylic acids is 1. The van der Waals surface area contributed by atoms with Crippen LogP contribution in [-0.4, -0.2) is 45.8 Å². The molecule has 30 heavy (non-hydrogen) atoms. The number of amides is 1. The number of aryl methyl sites for hydroxylation is 1. The molecule has 2 rings (SSSR count). The normalized spacial score (nSPS) is 12.0. The predicted molar refractivity (Wildman–Crippen MR) is 113 cm³/mol. The van der Waals surface area contributed by atoms with Gasteiger partial charge in [-0.1, -0.05) is 6.07 Å². The number of hydrogen-bond donors (Lipinski definition) is 1. The van der Waals surface area contributed by atoms with Crippen LogP contribution in [0.3, 0.4) is 0 Å². The van der Waals surface area contributed by atoms with Gasteiger partial charge in [0.2, 0.25) is 15.9 Å². The summed E-state index contributed by atoms with van der Waals surface area (Å²) in [6.45, 7) is 3.18. The molecule has 0 unspecified atom stereocenters.